The van der Waals surface area contributed by atoms with Crippen LogP contribution >= 0.6 is 22.9 Å². The van der Waals surface area contributed by atoms with E-state index in [0.29, 0.717) is 28.3 Å². The zero-order valence-corrected chi connectivity index (χ0v) is 14.5. The molecule has 5 nitrogen and oxygen atoms in total. The molecule has 0 bridgehead atoms. The van der Waals surface area contributed by atoms with Crippen molar-refractivity contribution in [2.24, 2.45) is 0 Å². The fourth-order valence-corrected chi connectivity index (χ4v) is 3.25. The van der Waals surface area contributed by atoms with Crippen LogP contribution in [0.15, 0.2) is 42.5 Å². The van der Waals surface area contributed by atoms with Crippen molar-refractivity contribution in [2.75, 3.05) is 18.5 Å². The van der Waals surface area contributed by atoms with E-state index in [4.69, 9.17) is 21.1 Å². The molecule has 2 aromatic carbocycles. The number of para-hydroxylation sites is 2. The van der Waals surface area contributed by atoms with Crippen LogP contribution in [0, 0.1) is 0 Å². The Balaban J connectivity index is 1.63. The predicted octanol–water partition coefficient (Wildman–Crippen LogP) is 4.37. The van der Waals surface area contributed by atoms with Crippen molar-refractivity contribution >= 4 is 44.2 Å². The van der Waals surface area contributed by atoms with Gasteiger partial charge in [0, 0.05) is 5.02 Å². The molecular weight excluding hydrogens is 348 g/mol. The van der Waals surface area contributed by atoms with Crippen LogP contribution in [0.4, 0.5) is 5.13 Å². The van der Waals surface area contributed by atoms with Crippen LogP contribution in [0.1, 0.15) is 6.92 Å². The first-order valence-electron chi connectivity index (χ1n) is 7.36. The monoisotopic (exact) mass is 362 g/mol. The van der Waals surface area contributed by atoms with Crippen molar-refractivity contribution in [1.82, 2.24) is 4.98 Å². The van der Waals surface area contributed by atoms with Gasteiger partial charge in [0.2, 0.25) is 0 Å². The van der Waals surface area contributed by atoms with E-state index in [9.17, 15) is 4.79 Å². The lowest BCUT2D eigenvalue weighted by molar-refractivity contribution is -0.118. The van der Waals surface area contributed by atoms with Gasteiger partial charge < -0.3 is 9.47 Å². The molecule has 24 heavy (non-hydrogen) atoms. The van der Waals surface area contributed by atoms with Gasteiger partial charge in [-0.1, -0.05) is 35.1 Å². The van der Waals surface area contributed by atoms with Crippen LogP contribution in [0.2, 0.25) is 5.02 Å². The smallest absolute Gasteiger partial charge is 0.264 e. The molecule has 1 N–H and O–H groups in total. The highest BCUT2D eigenvalue weighted by Gasteiger charge is 2.10. The second-order valence-electron chi connectivity index (χ2n) is 4.85. The number of anilines is 1. The molecule has 3 rings (SSSR count). The highest BCUT2D eigenvalue weighted by molar-refractivity contribution is 7.22. The fourth-order valence-electron chi connectivity index (χ4n) is 2.09. The molecule has 1 amide bonds. The summed E-state index contributed by atoms with van der Waals surface area (Å²) in [6, 6.07) is 12.6. The quantitative estimate of drug-likeness (QED) is 0.707. The minimum atomic E-state index is -0.286. The first-order valence-corrected chi connectivity index (χ1v) is 8.55. The molecule has 0 unspecified atom stereocenters. The second kappa shape index (κ2) is 7.51. The number of amides is 1. The van der Waals surface area contributed by atoms with Crippen molar-refractivity contribution in [3.63, 3.8) is 0 Å². The van der Waals surface area contributed by atoms with Crippen molar-refractivity contribution in [3.8, 4) is 11.5 Å². The molecule has 0 aliphatic carbocycles. The summed E-state index contributed by atoms with van der Waals surface area (Å²) in [5.41, 5.74) is 0.794. The number of fused-ring (bicyclic) bond motifs is 1. The highest BCUT2D eigenvalue weighted by Crippen LogP contribution is 2.29. The summed E-state index contributed by atoms with van der Waals surface area (Å²) in [7, 11) is 0. The van der Waals surface area contributed by atoms with Crippen LogP contribution in [0.5, 0.6) is 11.5 Å². The molecule has 0 fully saturated rings. The largest absolute Gasteiger partial charge is 0.490 e. The summed E-state index contributed by atoms with van der Waals surface area (Å²) in [6.45, 7) is 2.30. The van der Waals surface area contributed by atoms with Gasteiger partial charge in [-0.3, -0.25) is 10.1 Å². The molecule has 0 spiro atoms. The summed E-state index contributed by atoms with van der Waals surface area (Å²) in [5, 5.41) is 3.88. The number of nitrogens with one attached hydrogen (secondary N) is 1. The summed E-state index contributed by atoms with van der Waals surface area (Å²) < 4.78 is 11.9. The highest BCUT2D eigenvalue weighted by atomic mass is 35.5. The maximum Gasteiger partial charge on any atom is 0.264 e. The lowest BCUT2D eigenvalue weighted by atomic mass is 10.3. The van der Waals surface area contributed by atoms with Crippen molar-refractivity contribution in [2.45, 2.75) is 6.92 Å². The van der Waals surface area contributed by atoms with E-state index >= 15 is 0 Å². The van der Waals surface area contributed by atoms with Crippen LogP contribution in [0.3, 0.4) is 0 Å². The van der Waals surface area contributed by atoms with Crippen molar-refractivity contribution in [1.29, 1.82) is 0 Å². The Hall–Kier alpha value is -2.31. The summed E-state index contributed by atoms with van der Waals surface area (Å²) in [5.74, 6) is 0.861. The number of hydrogen-bond donors (Lipinski definition) is 1. The third kappa shape index (κ3) is 3.96. The number of nitrogens with zero attached hydrogens (tertiary/aromatic N) is 1. The van der Waals surface area contributed by atoms with Crippen LogP contribution in [-0.4, -0.2) is 24.1 Å². The zero-order chi connectivity index (χ0) is 16.9. The Kier molecular flexibility index (Phi) is 5.17. The number of halogens is 1. The SMILES string of the molecule is CCOc1ccccc1OCC(=O)Nc1nc2ccc(Cl)cc2s1. The molecule has 0 saturated carbocycles. The van der Waals surface area contributed by atoms with E-state index in [2.05, 4.69) is 10.3 Å². The van der Waals surface area contributed by atoms with Gasteiger partial charge in [0.15, 0.2) is 23.2 Å². The van der Waals surface area contributed by atoms with E-state index in [1.165, 1.54) is 11.3 Å². The van der Waals surface area contributed by atoms with Crippen LogP contribution in [-0.2, 0) is 4.79 Å². The number of hydrogen-bond acceptors (Lipinski definition) is 5. The average molecular weight is 363 g/mol. The summed E-state index contributed by atoms with van der Waals surface area (Å²) >= 11 is 7.32. The molecular formula is C17H15ClN2O3S. The Morgan fingerprint density at radius 3 is 2.71 bits per heavy atom. The molecule has 0 aliphatic rings. The van der Waals surface area contributed by atoms with Gasteiger partial charge in [-0.15, -0.1) is 0 Å². The first-order chi connectivity index (χ1) is 11.7. The Morgan fingerprint density at radius 1 is 1.21 bits per heavy atom. The third-order valence-electron chi connectivity index (χ3n) is 3.10. The molecule has 0 saturated heterocycles. The molecule has 3 aromatic rings. The van der Waals surface area contributed by atoms with E-state index in [-0.39, 0.29) is 12.5 Å². The maximum atomic E-state index is 12.1. The maximum absolute atomic E-state index is 12.1. The van der Waals surface area contributed by atoms with Gasteiger partial charge in [0.1, 0.15) is 0 Å². The normalized spacial score (nSPS) is 10.6. The number of aromatic nitrogens is 1. The average Bonchev–Trinajstić information content (AvgIpc) is 2.95. The lowest BCUT2D eigenvalue weighted by Gasteiger charge is -2.10. The second-order valence-corrected chi connectivity index (χ2v) is 6.31. The van der Waals surface area contributed by atoms with E-state index in [0.717, 1.165) is 10.2 Å². The van der Waals surface area contributed by atoms with Crippen molar-refractivity contribution in [3.05, 3.63) is 47.5 Å². The van der Waals surface area contributed by atoms with E-state index in [1.807, 2.05) is 31.2 Å². The predicted molar refractivity (Wildman–Crippen MR) is 96.4 cm³/mol. The number of carbonyl (C=O) groups excluding carboxylic acids is 1. The molecule has 0 radical (unpaired) electrons. The van der Waals surface area contributed by atoms with Gasteiger partial charge in [0.05, 0.1) is 16.8 Å². The minimum absolute atomic E-state index is 0.124. The number of rotatable bonds is 6. The minimum Gasteiger partial charge on any atom is -0.490 e. The first kappa shape index (κ1) is 16.5. The fraction of sp³-hybridized carbons (Fsp3) is 0.176. The van der Waals surface area contributed by atoms with Crippen LogP contribution < -0.4 is 14.8 Å². The molecule has 1 heterocycles. The topological polar surface area (TPSA) is 60.5 Å². The third-order valence-corrected chi connectivity index (χ3v) is 4.27. The Labute approximate surface area is 148 Å². The van der Waals surface area contributed by atoms with Gasteiger partial charge in [0.25, 0.3) is 5.91 Å². The number of thiazole rings is 1. The molecule has 7 heteroatoms. The number of benzene rings is 2. The number of ether oxygens (including phenoxy) is 2. The summed E-state index contributed by atoms with van der Waals surface area (Å²) in [4.78, 5) is 16.4. The number of carbonyl (C=O) groups is 1. The van der Waals surface area contributed by atoms with Gasteiger partial charge >= 0.3 is 0 Å². The summed E-state index contributed by atoms with van der Waals surface area (Å²) in [6.07, 6.45) is 0. The molecule has 0 aliphatic heterocycles. The molecule has 0 atom stereocenters. The standard InChI is InChI=1S/C17H15ClN2O3S/c1-2-22-13-5-3-4-6-14(13)23-10-16(21)20-17-19-12-8-7-11(18)9-15(12)24-17/h3-9H,2,10H2,1H3,(H,19,20,21). The molecule has 124 valence electrons. The Bertz CT molecular complexity index is 866. The van der Waals surface area contributed by atoms with Crippen molar-refractivity contribution < 1.29 is 14.3 Å². The van der Waals surface area contributed by atoms with E-state index < -0.39 is 0 Å². The lowest BCUT2D eigenvalue weighted by Crippen LogP contribution is -2.20. The molecule has 1 aromatic heterocycles. The zero-order valence-electron chi connectivity index (χ0n) is 12.9. The van der Waals surface area contributed by atoms with E-state index in [1.54, 1.807) is 18.2 Å². The Morgan fingerprint density at radius 2 is 1.96 bits per heavy atom. The van der Waals surface area contributed by atoms with Crippen LogP contribution in [0.25, 0.3) is 10.2 Å². The van der Waals surface area contributed by atoms with Gasteiger partial charge in [-0.25, -0.2) is 4.98 Å². The van der Waals surface area contributed by atoms with Gasteiger partial charge in [-0.2, -0.15) is 0 Å². The van der Waals surface area contributed by atoms with Gasteiger partial charge in [-0.05, 0) is 37.3 Å².